The highest BCUT2D eigenvalue weighted by molar-refractivity contribution is 7.98. The fraction of sp³-hybridized carbons (Fsp3) is 0.208. The Morgan fingerprint density at radius 3 is 2.38 bits per heavy atom. The number of benzene rings is 3. The van der Waals surface area contributed by atoms with Crippen molar-refractivity contribution in [1.29, 1.82) is 0 Å². The quantitative estimate of drug-likeness (QED) is 0.286. The minimum atomic E-state index is -3.99. The molecule has 0 spiro atoms. The van der Waals surface area contributed by atoms with Crippen LogP contribution in [-0.2, 0) is 15.8 Å². The highest BCUT2D eigenvalue weighted by atomic mass is 35.5. The summed E-state index contributed by atoms with van der Waals surface area (Å²) in [5.41, 5.74) is 3.40. The minimum absolute atomic E-state index is 0.0338. The minimum Gasteiger partial charge on any atom is -0.351 e. The predicted octanol–water partition coefficient (Wildman–Crippen LogP) is 6.73. The summed E-state index contributed by atoms with van der Waals surface area (Å²) in [6.45, 7) is 4.09. The van der Waals surface area contributed by atoms with Crippen LogP contribution in [0.3, 0.4) is 0 Å². The van der Waals surface area contributed by atoms with Crippen molar-refractivity contribution in [2.45, 2.75) is 24.5 Å². The van der Waals surface area contributed by atoms with Crippen molar-refractivity contribution >= 4 is 68.2 Å². The lowest BCUT2D eigenvalue weighted by Crippen LogP contribution is -2.26. The van der Waals surface area contributed by atoms with Gasteiger partial charge < -0.3 is 5.32 Å². The summed E-state index contributed by atoms with van der Waals surface area (Å²) in [5.74, 6) is 1.01. The lowest BCUT2D eigenvalue weighted by atomic mass is 10.1. The van der Waals surface area contributed by atoms with Crippen molar-refractivity contribution in [3.63, 3.8) is 0 Å². The average Bonchev–Trinajstić information content (AvgIpc) is 2.78. The van der Waals surface area contributed by atoms with Crippen molar-refractivity contribution in [1.82, 2.24) is 5.32 Å². The molecule has 0 saturated carbocycles. The molecule has 0 saturated heterocycles. The number of hydrogen-bond acceptors (Lipinski definition) is 4. The topological polar surface area (TPSA) is 75.3 Å². The van der Waals surface area contributed by atoms with E-state index in [1.54, 1.807) is 23.9 Å². The molecule has 2 N–H and O–H groups in total. The summed E-state index contributed by atoms with van der Waals surface area (Å²) in [7, 11) is -3.99. The van der Waals surface area contributed by atoms with Gasteiger partial charge in [0.2, 0.25) is 0 Å². The molecule has 34 heavy (non-hydrogen) atoms. The van der Waals surface area contributed by atoms with Crippen molar-refractivity contribution < 1.29 is 13.2 Å². The van der Waals surface area contributed by atoms with Gasteiger partial charge in [0.15, 0.2) is 0 Å². The molecule has 3 aromatic rings. The van der Waals surface area contributed by atoms with Crippen LogP contribution in [0.2, 0.25) is 15.1 Å². The first-order chi connectivity index (χ1) is 16.1. The summed E-state index contributed by atoms with van der Waals surface area (Å²) in [5, 5.41) is 3.86. The molecular formula is C24H23Cl3N2O3S2. The maximum Gasteiger partial charge on any atom is 0.263 e. The number of anilines is 1. The average molecular weight is 558 g/mol. The van der Waals surface area contributed by atoms with Crippen molar-refractivity contribution in [2.24, 2.45) is 0 Å². The molecule has 0 atom stereocenters. The van der Waals surface area contributed by atoms with Crippen LogP contribution in [0.1, 0.15) is 27.0 Å². The van der Waals surface area contributed by atoms with Gasteiger partial charge in [0, 0.05) is 23.6 Å². The molecular weight excluding hydrogens is 535 g/mol. The van der Waals surface area contributed by atoms with Crippen LogP contribution in [0.25, 0.3) is 0 Å². The Morgan fingerprint density at radius 2 is 1.65 bits per heavy atom. The van der Waals surface area contributed by atoms with Crippen LogP contribution < -0.4 is 10.0 Å². The van der Waals surface area contributed by atoms with Crippen LogP contribution in [0.5, 0.6) is 0 Å². The van der Waals surface area contributed by atoms with Crippen LogP contribution in [0.15, 0.2) is 59.5 Å². The van der Waals surface area contributed by atoms with Gasteiger partial charge in [0.25, 0.3) is 15.9 Å². The summed E-state index contributed by atoms with van der Waals surface area (Å²) >= 11 is 19.8. The van der Waals surface area contributed by atoms with Gasteiger partial charge in [-0.05, 0) is 66.9 Å². The van der Waals surface area contributed by atoms with Crippen molar-refractivity contribution in [3.8, 4) is 0 Å². The largest absolute Gasteiger partial charge is 0.351 e. The molecule has 0 aliphatic rings. The van der Waals surface area contributed by atoms with Gasteiger partial charge in [-0.1, -0.05) is 53.0 Å². The first-order valence-corrected chi connectivity index (χ1v) is 14.0. The van der Waals surface area contributed by atoms with Crippen LogP contribution in [-0.4, -0.2) is 26.6 Å². The number of carbonyl (C=O) groups excluding carboxylic acids is 1. The SMILES string of the molecule is Cc1ccc(C)c(NS(=O)(=O)c2cc(C(=O)NCCSCc3ccc(Cl)c(Cl)c3)ccc2Cl)c1. The maximum absolute atomic E-state index is 13.0. The molecule has 5 nitrogen and oxygen atoms in total. The van der Waals surface area contributed by atoms with E-state index in [-0.39, 0.29) is 21.4 Å². The lowest BCUT2D eigenvalue weighted by molar-refractivity contribution is 0.0956. The van der Waals surface area contributed by atoms with Crippen LogP contribution in [0.4, 0.5) is 5.69 Å². The van der Waals surface area contributed by atoms with E-state index in [0.717, 1.165) is 22.4 Å². The predicted molar refractivity (Wildman–Crippen MR) is 143 cm³/mol. The second kappa shape index (κ2) is 11.7. The van der Waals surface area contributed by atoms with Gasteiger partial charge in [-0.3, -0.25) is 9.52 Å². The molecule has 10 heteroatoms. The van der Waals surface area contributed by atoms with Gasteiger partial charge in [0.05, 0.1) is 20.8 Å². The Bertz CT molecular complexity index is 1310. The highest BCUT2D eigenvalue weighted by Gasteiger charge is 2.21. The monoisotopic (exact) mass is 556 g/mol. The van der Waals surface area contributed by atoms with Crippen molar-refractivity contribution in [3.05, 3.63) is 91.9 Å². The molecule has 0 aromatic heterocycles. The van der Waals surface area contributed by atoms with Crippen molar-refractivity contribution in [2.75, 3.05) is 17.0 Å². The van der Waals surface area contributed by atoms with Crippen LogP contribution in [0, 0.1) is 13.8 Å². The smallest absolute Gasteiger partial charge is 0.263 e. The molecule has 0 heterocycles. The lowest BCUT2D eigenvalue weighted by Gasteiger charge is -2.13. The molecule has 0 aliphatic carbocycles. The van der Waals surface area contributed by atoms with E-state index >= 15 is 0 Å². The first-order valence-electron chi connectivity index (χ1n) is 10.3. The number of amides is 1. The summed E-state index contributed by atoms with van der Waals surface area (Å²) in [6.07, 6.45) is 0. The van der Waals surface area contributed by atoms with Gasteiger partial charge in [-0.2, -0.15) is 11.8 Å². The Labute approximate surface area is 219 Å². The standard InChI is InChI=1S/C24H23Cl3N2O3S2/c1-15-3-4-16(2)22(11-15)29-34(31,32)23-13-18(6-8-20(23)26)24(30)28-9-10-33-14-17-5-7-19(25)21(27)12-17/h3-8,11-13,29H,9-10,14H2,1-2H3,(H,28,30). The van der Waals surface area contributed by atoms with Gasteiger partial charge >= 0.3 is 0 Å². The third-order valence-electron chi connectivity index (χ3n) is 4.91. The molecule has 0 unspecified atom stereocenters. The number of halogens is 3. The second-order valence-corrected chi connectivity index (χ2v) is 11.6. The Balaban J connectivity index is 1.61. The third kappa shape index (κ3) is 7.06. The maximum atomic E-state index is 13.0. The van der Waals surface area contributed by atoms with E-state index in [1.807, 2.05) is 38.1 Å². The zero-order valence-electron chi connectivity index (χ0n) is 18.5. The molecule has 1 amide bonds. The second-order valence-electron chi connectivity index (χ2n) is 7.63. The molecule has 0 bridgehead atoms. The molecule has 0 aliphatic heterocycles. The number of thioether (sulfide) groups is 1. The summed E-state index contributed by atoms with van der Waals surface area (Å²) in [4.78, 5) is 12.4. The molecule has 0 fully saturated rings. The molecule has 3 rings (SSSR count). The van der Waals surface area contributed by atoms with E-state index in [1.165, 1.54) is 18.2 Å². The van der Waals surface area contributed by atoms with Gasteiger partial charge in [0.1, 0.15) is 4.90 Å². The number of carbonyl (C=O) groups is 1. The fourth-order valence-corrected chi connectivity index (χ4v) is 5.83. The Hall–Kier alpha value is -1.90. The fourth-order valence-electron chi connectivity index (χ4n) is 3.05. The number of aryl methyl sites for hydroxylation is 2. The number of hydrogen-bond donors (Lipinski definition) is 2. The van der Waals surface area contributed by atoms with Gasteiger partial charge in [-0.25, -0.2) is 8.42 Å². The van der Waals surface area contributed by atoms with E-state index in [9.17, 15) is 13.2 Å². The zero-order valence-corrected chi connectivity index (χ0v) is 22.4. The number of sulfonamides is 1. The number of nitrogens with one attached hydrogen (secondary N) is 2. The van der Waals surface area contributed by atoms with E-state index < -0.39 is 10.0 Å². The first kappa shape index (κ1) is 26.7. The zero-order chi connectivity index (χ0) is 24.9. The van der Waals surface area contributed by atoms with E-state index in [0.29, 0.717) is 28.0 Å². The van der Waals surface area contributed by atoms with Gasteiger partial charge in [-0.15, -0.1) is 0 Å². The third-order valence-corrected chi connectivity index (χ3v) is 8.52. The number of rotatable bonds is 9. The molecule has 180 valence electrons. The highest BCUT2D eigenvalue weighted by Crippen LogP contribution is 2.27. The molecule has 0 radical (unpaired) electrons. The summed E-state index contributed by atoms with van der Waals surface area (Å²) < 4.78 is 28.6. The normalized spacial score (nSPS) is 11.3. The van der Waals surface area contributed by atoms with E-state index in [2.05, 4.69) is 10.0 Å². The Morgan fingerprint density at radius 1 is 0.912 bits per heavy atom. The Kier molecular flexibility index (Phi) is 9.18. The summed E-state index contributed by atoms with van der Waals surface area (Å²) in [6, 6.07) is 15.1. The molecule has 3 aromatic carbocycles. The van der Waals surface area contributed by atoms with E-state index in [4.69, 9.17) is 34.8 Å². The van der Waals surface area contributed by atoms with Crippen LogP contribution >= 0.6 is 46.6 Å².